The first-order chi connectivity index (χ1) is 4.66. The second-order valence-electron chi connectivity index (χ2n) is 1.28. The van der Waals surface area contributed by atoms with E-state index in [2.05, 4.69) is 17.5 Å². The Balaban J connectivity index is 0. The molecule has 0 fully saturated rings. The molecule has 3 N–H and O–H groups in total. The third-order valence-corrected chi connectivity index (χ3v) is 1.75. The summed E-state index contributed by atoms with van der Waals surface area (Å²) < 4.78 is 0.265. The van der Waals surface area contributed by atoms with Crippen molar-refractivity contribution < 1.29 is 56.2 Å². The van der Waals surface area contributed by atoms with Crippen LogP contribution in [-0.4, -0.2) is 16.0 Å². The molecule has 0 saturated heterocycles. The van der Waals surface area contributed by atoms with Gasteiger partial charge in [-0.3, -0.25) is 10.1 Å². The minimum absolute atomic E-state index is 0. The van der Waals surface area contributed by atoms with Gasteiger partial charge in [0.2, 0.25) is 5.91 Å². The molecule has 0 aromatic carbocycles. The largest absolute Gasteiger partial charge is 1.00 e. The van der Waals surface area contributed by atoms with Crippen molar-refractivity contribution in [3.63, 3.8) is 0 Å². The van der Waals surface area contributed by atoms with E-state index in [1.54, 1.807) is 6.19 Å². The van der Waals surface area contributed by atoms with E-state index >= 15 is 0 Å². The molecule has 0 saturated carbocycles. The second kappa shape index (κ2) is 8.93. The third-order valence-electron chi connectivity index (χ3n) is 0.503. The Hall–Kier alpha value is 0.836. The van der Waals surface area contributed by atoms with E-state index in [1.807, 2.05) is 0 Å². The molecule has 0 bridgehead atoms. The van der Waals surface area contributed by atoms with Crippen LogP contribution in [0, 0.1) is 11.5 Å². The van der Waals surface area contributed by atoms with Crippen molar-refractivity contribution in [3.05, 3.63) is 0 Å². The molecule has 0 aliphatic rings. The Kier molecular flexibility index (Phi) is 11.7. The summed E-state index contributed by atoms with van der Waals surface area (Å²) in [5.41, 5.74) is 4.81. The number of rotatable bonds is 2. The molecular weight excluding hydrogens is 209 g/mol. The molecule has 0 rings (SSSR count). The van der Waals surface area contributed by atoms with Gasteiger partial charge in [0.15, 0.2) is 6.19 Å². The van der Waals surface area contributed by atoms with Gasteiger partial charge in [0.1, 0.15) is 4.32 Å². The normalized spacial score (nSPS) is 7.18. The summed E-state index contributed by atoms with van der Waals surface area (Å²) in [6.45, 7) is 0. The minimum atomic E-state index is -0.452. The van der Waals surface area contributed by atoms with Gasteiger partial charge in [0.25, 0.3) is 0 Å². The second-order valence-corrected chi connectivity index (χ2v) is 2.93. The van der Waals surface area contributed by atoms with Crippen LogP contribution >= 0.6 is 24.0 Å². The summed E-state index contributed by atoms with van der Waals surface area (Å²) in [7, 11) is 0. The standard InChI is InChI=1S/C4H5N3OS2.K/c5-2-7-4(9)10-1-3(6)8;/h1H2,(H2,6,8)(H,7,9);/q;+1. The Morgan fingerprint density at radius 2 is 2.36 bits per heavy atom. The number of nitrogens with two attached hydrogens (primary N) is 1. The molecule has 11 heavy (non-hydrogen) atoms. The van der Waals surface area contributed by atoms with Crippen LogP contribution in [0.3, 0.4) is 0 Å². The maximum absolute atomic E-state index is 10.1. The molecule has 54 valence electrons. The van der Waals surface area contributed by atoms with Crippen molar-refractivity contribution in [1.82, 2.24) is 5.32 Å². The number of nitrogens with zero attached hydrogens (tertiary/aromatic N) is 1. The van der Waals surface area contributed by atoms with Gasteiger partial charge in [-0.05, 0) is 0 Å². The number of amides is 1. The number of primary amides is 1. The van der Waals surface area contributed by atoms with Crippen LogP contribution < -0.4 is 62.4 Å². The molecule has 7 heteroatoms. The summed E-state index contributed by atoms with van der Waals surface area (Å²) in [5.74, 6) is -0.347. The summed E-state index contributed by atoms with van der Waals surface area (Å²) in [5, 5.41) is 10.2. The molecular formula is C4H5KN3OS2+. The molecule has 0 aromatic heterocycles. The zero-order valence-electron chi connectivity index (χ0n) is 5.96. The van der Waals surface area contributed by atoms with Crippen LogP contribution in [0.1, 0.15) is 0 Å². The van der Waals surface area contributed by atoms with Crippen molar-refractivity contribution in [2.45, 2.75) is 0 Å². The van der Waals surface area contributed by atoms with Crippen LogP contribution in [0.4, 0.5) is 0 Å². The van der Waals surface area contributed by atoms with E-state index in [0.29, 0.717) is 0 Å². The Bertz CT molecular complexity index is 190. The molecule has 0 heterocycles. The van der Waals surface area contributed by atoms with Crippen molar-refractivity contribution in [2.75, 3.05) is 5.75 Å². The zero-order chi connectivity index (χ0) is 7.98. The van der Waals surface area contributed by atoms with Crippen LogP contribution in [0.5, 0.6) is 0 Å². The van der Waals surface area contributed by atoms with Gasteiger partial charge in [0, 0.05) is 0 Å². The number of hydrogen-bond donors (Lipinski definition) is 2. The molecule has 1 amide bonds. The number of nitrogens with one attached hydrogen (secondary N) is 1. The molecule has 0 aromatic rings. The van der Waals surface area contributed by atoms with Crippen LogP contribution in [-0.2, 0) is 4.79 Å². The summed E-state index contributed by atoms with van der Waals surface area (Å²) >= 11 is 5.63. The fourth-order valence-electron chi connectivity index (χ4n) is 0.218. The van der Waals surface area contributed by atoms with Crippen molar-refractivity contribution in [2.24, 2.45) is 5.73 Å². The van der Waals surface area contributed by atoms with Gasteiger partial charge < -0.3 is 5.73 Å². The van der Waals surface area contributed by atoms with Gasteiger partial charge >= 0.3 is 51.4 Å². The van der Waals surface area contributed by atoms with Gasteiger partial charge in [0.05, 0.1) is 5.75 Å². The van der Waals surface area contributed by atoms with Crippen LogP contribution in [0.15, 0.2) is 0 Å². The molecule has 0 spiro atoms. The number of nitriles is 1. The van der Waals surface area contributed by atoms with Crippen molar-refractivity contribution in [3.8, 4) is 6.19 Å². The quantitative estimate of drug-likeness (QED) is 0.216. The van der Waals surface area contributed by atoms with Gasteiger partial charge in [-0.2, -0.15) is 5.26 Å². The minimum Gasteiger partial charge on any atom is -0.369 e. The molecule has 0 unspecified atom stereocenters. The average Bonchev–Trinajstić information content (AvgIpc) is 1.85. The zero-order valence-corrected chi connectivity index (χ0v) is 10.7. The Labute approximate surface area is 117 Å². The van der Waals surface area contributed by atoms with Crippen LogP contribution in [0.25, 0.3) is 0 Å². The van der Waals surface area contributed by atoms with E-state index < -0.39 is 5.91 Å². The van der Waals surface area contributed by atoms with Crippen LogP contribution in [0.2, 0.25) is 0 Å². The first-order valence-corrected chi connectivity index (χ1v) is 3.66. The van der Waals surface area contributed by atoms with E-state index in [4.69, 9.17) is 11.0 Å². The van der Waals surface area contributed by atoms with E-state index in [0.717, 1.165) is 11.8 Å². The molecule has 0 radical (unpaired) electrons. The summed E-state index contributed by atoms with van der Waals surface area (Å²) in [6.07, 6.45) is 1.63. The predicted octanol–water partition coefficient (Wildman–Crippen LogP) is -3.44. The topological polar surface area (TPSA) is 78.9 Å². The molecule has 0 atom stereocenters. The SMILES string of the molecule is N#CNC(=S)SCC(N)=O.[K+]. The number of thioether (sulfide) groups is 1. The number of carbonyl (C=O) groups excluding carboxylic acids is 1. The molecule has 4 nitrogen and oxygen atoms in total. The fourth-order valence-corrected chi connectivity index (χ4v) is 0.832. The summed E-state index contributed by atoms with van der Waals surface area (Å²) in [4.78, 5) is 10.1. The van der Waals surface area contributed by atoms with Gasteiger partial charge in [-0.15, -0.1) is 0 Å². The van der Waals surface area contributed by atoms with E-state index in [-0.39, 0.29) is 61.5 Å². The fraction of sp³-hybridized carbons (Fsp3) is 0.250. The maximum Gasteiger partial charge on any atom is 1.00 e. The van der Waals surface area contributed by atoms with Crippen molar-refractivity contribution in [1.29, 1.82) is 5.26 Å². The number of thiocarbonyl (C=S) groups is 1. The number of carbonyl (C=O) groups is 1. The third kappa shape index (κ3) is 10.8. The predicted molar refractivity (Wildman–Crippen MR) is 43.0 cm³/mol. The monoisotopic (exact) mass is 214 g/mol. The molecule has 0 aliphatic heterocycles. The van der Waals surface area contributed by atoms with Gasteiger partial charge in [-0.1, -0.05) is 24.0 Å². The van der Waals surface area contributed by atoms with Crippen molar-refractivity contribution >= 4 is 34.2 Å². The van der Waals surface area contributed by atoms with Gasteiger partial charge in [-0.25, -0.2) is 0 Å². The average molecular weight is 214 g/mol. The van der Waals surface area contributed by atoms with E-state index in [9.17, 15) is 4.79 Å². The first kappa shape index (κ1) is 14.4. The smallest absolute Gasteiger partial charge is 0.369 e. The first-order valence-electron chi connectivity index (χ1n) is 2.27. The maximum atomic E-state index is 10.1. The number of hydrogen-bond acceptors (Lipinski definition) is 4. The summed E-state index contributed by atoms with van der Waals surface area (Å²) in [6, 6.07) is 0. The Morgan fingerprint density at radius 1 is 1.82 bits per heavy atom. The Morgan fingerprint density at radius 3 is 2.73 bits per heavy atom. The van der Waals surface area contributed by atoms with E-state index in [1.165, 1.54) is 0 Å². The molecule has 0 aliphatic carbocycles.